The molecule has 8 nitrogen and oxygen atoms in total. The average molecular weight is 741 g/mol. The number of nitrogens with zero attached hydrogens (tertiary/aromatic N) is 4. The Kier molecular flexibility index (Phi) is 9.89. The van der Waals surface area contributed by atoms with Gasteiger partial charge in [-0.15, -0.1) is 9.13 Å². The summed E-state index contributed by atoms with van der Waals surface area (Å²) in [4.78, 5) is 9.95. The fraction of sp³-hybridized carbons (Fsp3) is 0.250. The number of benzene rings is 6. The monoisotopic (exact) mass is 740 g/mol. The van der Waals surface area contributed by atoms with Crippen molar-refractivity contribution in [1.29, 1.82) is 0 Å². The molecule has 8 aromatic rings. The fourth-order valence-corrected chi connectivity index (χ4v) is 7.93. The van der Waals surface area contributed by atoms with Gasteiger partial charge in [-0.1, -0.05) is 49.9 Å². The molecule has 6 aromatic carbocycles. The first-order valence-electron chi connectivity index (χ1n) is 19.9. The third-order valence-electron chi connectivity index (χ3n) is 11.5. The second-order valence-electron chi connectivity index (χ2n) is 15.6. The Hall–Kier alpha value is -6.28. The molecule has 0 aliphatic rings. The minimum absolute atomic E-state index is 0.755. The molecule has 56 heavy (non-hydrogen) atoms. The van der Waals surface area contributed by atoms with Crippen LogP contribution >= 0.6 is 0 Å². The summed E-state index contributed by atoms with van der Waals surface area (Å²) in [6.45, 7) is 8.10. The number of rotatable bonds is 11. The predicted molar refractivity (Wildman–Crippen MR) is 233 cm³/mol. The van der Waals surface area contributed by atoms with Crippen LogP contribution in [0.4, 0.5) is 22.7 Å². The third kappa shape index (κ3) is 7.15. The van der Waals surface area contributed by atoms with Crippen molar-refractivity contribution in [3.05, 3.63) is 130 Å². The molecule has 8 rings (SSSR count). The van der Waals surface area contributed by atoms with Crippen molar-refractivity contribution in [2.75, 3.05) is 22.9 Å². The summed E-state index contributed by atoms with van der Waals surface area (Å²) >= 11 is 0. The van der Waals surface area contributed by atoms with Crippen LogP contribution in [0.1, 0.15) is 71.9 Å². The Labute approximate surface area is 328 Å². The number of hydrogen-bond donors (Lipinski definition) is 4. The minimum atomic E-state index is 0.755. The highest BCUT2D eigenvalue weighted by Crippen LogP contribution is 2.27. The fourth-order valence-electron chi connectivity index (χ4n) is 7.93. The number of nitrogens with two attached hydrogens (primary N) is 4. The summed E-state index contributed by atoms with van der Waals surface area (Å²) in [5.74, 6) is 0. The largest absolute Gasteiger partial charge is 0.398 e. The Bertz CT molecular complexity index is 2450. The van der Waals surface area contributed by atoms with E-state index in [1.54, 1.807) is 0 Å². The number of hydrogen-bond acceptors (Lipinski definition) is 6. The van der Waals surface area contributed by atoms with E-state index in [9.17, 15) is 0 Å². The maximum absolute atomic E-state index is 6.38. The highest BCUT2D eigenvalue weighted by Gasteiger charge is 2.23. The van der Waals surface area contributed by atoms with Gasteiger partial charge in [0, 0.05) is 71.3 Å². The van der Waals surface area contributed by atoms with Gasteiger partial charge in [0.05, 0.1) is 0 Å². The summed E-state index contributed by atoms with van der Waals surface area (Å²) in [7, 11) is 0. The summed E-state index contributed by atoms with van der Waals surface area (Å²) in [6.07, 6.45) is 9.52. The summed E-state index contributed by atoms with van der Waals surface area (Å²) in [6, 6.07) is 34.2. The highest BCUT2D eigenvalue weighted by molar-refractivity contribution is 5.88. The normalized spacial score (nSPS) is 11.7. The number of fused-ring (bicyclic) bond motifs is 4. The molecule has 0 aliphatic heterocycles. The zero-order chi connectivity index (χ0) is 39.1. The van der Waals surface area contributed by atoms with Gasteiger partial charge in [-0.05, 0) is 111 Å². The van der Waals surface area contributed by atoms with Gasteiger partial charge in [-0.3, -0.25) is 0 Å². The van der Waals surface area contributed by atoms with Crippen molar-refractivity contribution < 1.29 is 9.13 Å². The zero-order valence-electron chi connectivity index (χ0n) is 33.0. The predicted octanol–water partition coefficient (Wildman–Crippen LogP) is 9.33. The molecule has 0 aliphatic carbocycles. The van der Waals surface area contributed by atoms with Gasteiger partial charge >= 0.3 is 0 Å². The number of aryl methyl sites for hydroxylation is 6. The first-order chi connectivity index (χ1) is 27.0. The standard InChI is InChI=1S/C48H50N8/c1-29-21-41-45(25-37(29)49)55(46-26-38(50)30(2)22-42(46)53-41)35-17-13-33(14-18-35)11-9-7-5-6-8-10-12-34-15-19-36(20-16-34)56-47-27-39(51)31(3)23-43(47)54-44-24-32(4)40(52)28-48(44)56/h13-28H,5-12H2,1-4H3,(H6,49,50,51,52)/p+2. The smallest absolute Gasteiger partial charge is 0.239 e. The molecule has 0 radical (unpaired) electrons. The van der Waals surface area contributed by atoms with E-state index in [-0.39, 0.29) is 0 Å². The zero-order valence-corrected chi connectivity index (χ0v) is 33.0. The molecule has 0 atom stereocenters. The molecule has 0 unspecified atom stereocenters. The Morgan fingerprint density at radius 1 is 0.375 bits per heavy atom. The molecule has 0 saturated carbocycles. The first-order valence-corrected chi connectivity index (χ1v) is 19.9. The quantitative estimate of drug-likeness (QED) is 0.0452. The van der Waals surface area contributed by atoms with E-state index < -0.39 is 0 Å². The highest BCUT2D eigenvalue weighted by atomic mass is 15.0. The SMILES string of the molecule is Cc1cc2nc3cc(C)c(N)cc3[n+](-c3ccc(CCCCCCCCc4ccc(-[n+]5c6cc(N)c(C)cc6nc6cc(C)c(N)cc65)cc4)cc3)c2cc1N. The molecule has 0 fully saturated rings. The van der Waals surface area contributed by atoms with Crippen LogP contribution in [0, 0.1) is 27.7 Å². The molecule has 0 amide bonds. The summed E-state index contributed by atoms with van der Waals surface area (Å²) < 4.78 is 4.47. The third-order valence-corrected chi connectivity index (χ3v) is 11.5. The Morgan fingerprint density at radius 2 is 0.643 bits per heavy atom. The molecule has 8 heteroatoms. The van der Waals surface area contributed by atoms with Crippen molar-refractivity contribution in [2.24, 2.45) is 0 Å². The maximum atomic E-state index is 6.38. The van der Waals surface area contributed by atoms with Crippen molar-refractivity contribution in [3.8, 4) is 11.4 Å². The van der Waals surface area contributed by atoms with E-state index in [1.165, 1.54) is 49.7 Å². The van der Waals surface area contributed by atoms with E-state index in [2.05, 4.69) is 81.9 Å². The van der Waals surface area contributed by atoms with E-state index in [0.29, 0.717) is 0 Å². The van der Waals surface area contributed by atoms with Gasteiger partial charge in [-0.2, -0.15) is 0 Å². The maximum Gasteiger partial charge on any atom is 0.239 e. The lowest BCUT2D eigenvalue weighted by Gasteiger charge is -2.10. The van der Waals surface area contributed by atoms with Crippen LogP contribution in [0.3, 0.4) is 0 Å². The van der Waals surface area contributed by atoms with E-state index in [4.69, 9.17) is 32.9 Å². The molecule has 8 N–H and O–H groups in total. The lowest BCUT2D eigenvalue weighted by atomic mass is 10.0. The van der Waals surface area contributed by atoms with Crippen LogP contribution in [-0.4, -0.2) is 9.97 Å². The van der Waals surface area contributed by atoms with Crippen LogP contribution in [0.2, 0.25) is 0 Å². The average Bonchev–Trinajstić information content (AvgIpc) is 3.17. The molecule has 2 aromatic heterocycles. The molecular formula is C48H52N8+2. The molecular weight excluding hydrogens is 689 g/mol. The first kappa shape index (κ1) is 36.7. The van der Waals surface area contributed by atoms with Crippen LogP contribution < -0.4 is 32.1 Å². The Balaban J connectivity index is 0.858. The van der Waals surface area contributed by atoms with Gasteiger partial charge in [-0.25, -0.2) is 9.97 Å². The van der Waals surface area contributed by atoms with Crippen molar-refractivity contribution in [3.63, 3.8) is 0 Å². The summed E-state index contributed by atoms with van der Waals surface area (Å²) in [5.41, 5.74) is 45.1. The van der Waals surface area contributed by atoms with Crippen LogP contribution in [0.5, 0.6) is 0 Å². The van der Waals surface area contributed by atoms with Gasteiger partial charge in [0.25, 0.3) is 0 Å². The van der Waals surface area contributed by atoms with E-state index in [0.717, 1.165) is 113 Å². The topological polar surface area (TPSA) is 138 Å². The number of anilines is 4. The summed E-state index contributed by atoms with van der Waals surface area (Å²) in [5, 5.41) is 0. The van der Waals surface area contributed by atoms with E-state index >= 15 is 0 Å². The lowest BCUT2D eigenvalue weighted by molar-refractivity contribution is -0.538. The molecule has 2 heterocycles. The number of aromatic nitrogens is 4. The van der Waals surface area contributed by atoms with Gasteiger partial charge in [0.15, 0.2) is 0 Å². The molecule has 0 bridgehead atoms. The minimum Gasteiger partial charge on any atom is -0.398 e. The second kappa shape index (κ2) is 15.1. The molecule has 0 spiro atoms. The van der Waals surface area contributed by atoms with Crippen LogP contribution in [0.15, 0.2) is 97.1 Å². The number of unbranched alkanes of at least 4 members (excludes halogenated alkanes) is 5. The van der Waals surface area contributed by atoms with Crippen molar-refractivity contribution in [1.82, 2.24) is 9.97 Å². The number of nitrogen functional groups attached to an aromatic ring is 4. The van der Waals surface area contributed by atoms with Gasteiger partial charge in [0.1, 0.15) is 22.1 Å². The van der Waals surface area contributed by atoms with Crippen molar-refractivity contribution in [2.45, 2.75) is 79.1 Å². The van der Waals surface area contributed by atoms with Gasteiger partial charge in [0.2, 0.25) is 33.4 Å². The molecule has 0 saturated heterocycles. The molecule has 282 valence electrons. The van der Waals surface area contributed by atoms with Crippen LogP contribution in [0.25, 0.3) is 55.5 Å². The van der Waals surface area contributed by atoms with E-state index in [1.807, 2.05) is 52.0 Å². The van der Waals surface area contributed by atoms with Gasteiger partial charge < -0.3 is 22.9 Å². The lowest BCUT2D eigenvalue weighted by Crippen LogP contribution is -2.33. The second-order valence-corrected chi connectivity index (χ2v) is 15.6. The Morgan fingerprint density at radius 3 is 0.929 bits per heavy atom. The van der Waals surface area contributed by atoms with Crippen molar-refractivity contribution >= 4 is 66.9 Å². The van der Waals surface area contributed by atoms with Crippen LogP contribution in [-0.2, 0) is 12.8 Å².